The van der Waals surface area contributed by atoms with Crippen LogP contribution in [0.5, 0.6) is 0 Å². The van der Waals surface area contributed by atoms with Crippen LogP contribution in [0.15, 0.2) is 0 Å². The van der Waals surface area contributed by atoms with Gasteiger partial charge in [-0.2, -0.15) is 0 Å². The maximum atomic E-state index is 5.96. The second kappa shape index (κ2) is 8.89. The van der Waals surface area contributed by atoms with Crippen molar-refractivity contribution in [2.24, 2.45) is 5.92 Å². The Bertz CT molecular complexity index is 207. The molecule has 18 heavy (non-hydrogen) atoms. The van der Waals surface area contributed by atoms with Crippen LogP contribution in [-0.2, 0) is 4.74 Å². The van der Waals surface area contributed by atoms with Gasteiger partial charge >= 0.3 is 0 Å². The standard InChI is InChI=1S/C15H32N2O/c1-5-9-17-10-11-18-15(12-17)14(16-4)8-6-7-13(2)3/h13-16H,5-12H2,1-4H3. The summed E-state index contributed by atoms with van der Waals surface area (Å²) in [7, 11) is 2.07. The molecular formula is C15H32N2O. The van der Waals surface area contributed by atoms with Gasteiger partial charge in [0.15, 0.2) is 0 Å². The summed E-state index contributed by atoms with van der Waals surface area (Å²) in [4.78, 5) is 2.54. The van der Waals surface area contributed by atoms with E-state index in [-0.39, 0.29) is 0 Å². The van der Waals surface area contributed by atoms with E-state index in [4.69, 9.17) is 4.74 Å². The predicted octanol–water partition coefficient (Wildman–Crippen LogP) is 2.51. The molecule has 0 aromatic rings. The number of hydrogen-bond donors (Lipinski definition) is 1. The van der Waals surface area contributed by atoms with Crippen LogP contribution < -0.4 is 5.32 Å². The number of likely N-dealkylation sites (N-methyl/N-ethyl adjacent to an activating group) is 1. The molecule has 2 unspecified atom stereocenters. The Morgan fingerprint density at radius 3 is 2.72 bits per heavy atom. The molecular weight excluding hydrogens is 224 g/mol. The Balaban J connectivity index is 2.33. The molecule has 1 fully saturated rings. The second-order valence-electron chi connectivity index (χ2n) is 5.93. The molecule has 0 spiro atoms. The molecule has 0 amide bonds. The highest BCUT2D eigenvalue weighted by Gasteiger charge is 2.26. The first-order chi connectivity index (χ1) is 8.67. The lowest BCUT2D eigenvalue weighted by atomic mass is 9.99. The van der Waals surface area contributed by atoms with Gasteiger partial charge in [0.1, 0.15) is 0 Å². The van der Waals surface area contributed by atoms with Crippen molar-refractivity contribution in [3.05, 3.63) is 0 Å². The molecule has 0 aromatic heterocycles. The smallest absolute Gasteiger partial charge is 0.0855 e. The van der Waals surface area contributed by atoms with Gasteiger partial charge in [0.05, 0.1) is 12.7 Å². The van der Waals surface area contributed by atoms with Crippen LogP contribution in [0.2, 0.25) is 0 Å². The zero-order valence-corrected chi connectivity index (χ0v) is 12.7. The van der Waals surface area contributed by atoms with E-state index in [0.29, 0.717) is 12.1 Å². The van der Waals surface area contributed by atoms with E-state index in [1.54, 1.807) is 0 Å². The molecule has 1 aliphatic rings. The molecule has 3 heteroatoms. The number of nitrogens with zero attached hydrogens (tertiary/aromatic N) is 1. The summed E-state index contributed by atoms with van der Waals surface area (Å²) in [6.45, 7) is 11.2. The summed E-state index contributed by atoms with van der Waals surface area (Å²) < 4.78 is 5.96. The number of ether oxygens (including phenoxy) is 1. The fourth-order valence-electron chi connectivity index (χ4n) is 2.76. The van der Waals surface area contributed by atoms with Gasteiger partial charge in [0.2, 0.25) is 0 Å². The monoisotopic (exact) mass is 256 g/mol. The van der Waals surface area contributed by atoms with Crippen LogP contribution in [0.1, 0.15) is 46.5 Å². The Labute approximate surface area is 113 Å². The third-order valence-corrected chi connectivity index (χ3v) is 3.83. The third kappa shape index (κ3) is 5.68. The van der Waals surface area contributed by atoms with Crippen molar-refractivity contribution in [2.45, 2.75) is 58.6 Å². The molecule has 0 bridgehead atoms. The van der Waals surface area contributed by atoms with Crippen LogP contribution in [-0.4, -0.2) is 50.3 Å². The SMILES string of the molecule is CCCN1CCOC(C(CCCC(C)C)NC)C1. The first-order valence-corrected chi connectivity index (χ1v) is 7.68. The Hall–Kier alpha value is -0.120. The van der Waals surface area contributed by atoms with E-state index in [2.05, 4.69) is 38.0 Å². The van der Waals surface area contributed by atoms with E-state index in [0.717, 1.165) is 25.6 Å². The lowest BCUT2D eigenvalue weighted by Crippen LogP contribution is -2.51. The highest BCUT2D eigenvalue weighted by atomic mass is 16.5. The highest BCUT2D eigenvalue weighted by molar-refractivity contribution is 4.82. The normalized spacial score (nSPS) is 23.5. The maximum Gasteiger partial charge on any atom is 0.0855 e. The van der Waals surface area contributed by atoms with Gasteiger partial charge in [0, 0.05) is 19.1 Å². The molecule has 1 N–H and O–H groups in total. The number of nitrogens with one attached hydrogen (secondary N) is 1. The first kappa shape index (κ1) is 15.9. The van der Waals surface area contributed by atoms with Gasteiger partial charge in [0.25, 0.3) is 0 Å². The van der Waals surface area contributed by atoms with Crippen molar-refractivity contribution in [3.63, 3.8) is 0 Å². The van der Waals surface area contributed by atoms with Crippen molar-refractivity contribution in [1.82, 2.24) is 10.2 Å². The maximum absolute atomic E-state index is 5.96. The largest absolute Gasteiger partial charge is 0.374 e. The minimum absolute atomic E-state index is 0.377. The molecule has 2 atom stereocenters. The molecule has 3 nitrogen and oxygen atoms in total. The minimum Gasteiger partial charge on any atom is -0.374 e. The van der Waals surface area contributed by atoms with E-state index in [1.807, 2.05) is 0 Å². The zero-order chi connectivity index (χ0) is 13.4. The summed E-state index contributed by atoms with van der Waals surface area (Å²) in [5.74, 6) is 0.811. The number of hydrogen-bond acceptors (Lipinski definition) is 3. The molecule has 1 aliphatic heterocycles. The van der Waals surface area contributed by atoms with Crippen molar-refractivity contribution >= 4 is 0 Å². The number of morpholine rings is 1. The molecule has 108 valence electrons. The Morgan fingerprint density at radius 2 is 2.11 bits per heavy atom. The molecule has 1 rings (SSSR count). The third-order valence-electron chi connectivity index (χ3n) is 3.83. The summed E-state index contributed by atoms with van der Waals surface area (Å²) in [5.41, 5.74) is 0. The van der Waals surface area contributed by atoms with Crippen LogP contribution in [0, 0.1) is 5.92 Å². The Morgan fingerprint density at radius 1 is 1.33 bits per heavy atom. The van der Waals surface area contributed by atoms with Crippen molar-refractivity contribution in [3.8, 4) is 0 Å². The predicted molar refractivity (Wildman–Crippen MR) is 78.0 cm³/mol. The molecule has 1 heterocycles. The Kier molecular flexibility index (Phi) is 7.87. The summed E-state index contributed by atoms with van der Waals surface area (Å²) in [6, 6.07) is 0.517. The lowest BCUT2D eigenvalue weighted by Gasteiger charge is -2.37. The van der Waals surface area contributed by atoms with E-state index in [9.17, 15) is 0 Å². The fourth-order valence-corrected chi connectivity index (χ4v) is 2.76. The van der Waals surface area contributed by atoms with Crippen LogP contribution in [0.25, 0.3) is 0 Å². The van der Waals surface area contributed by atoms with E-state index >= 15 is 0 Å². The van der Waals surface area contributed by atoms with Gasteiger partial charge in [-0.15, -0.1) is 0 Å². The van der Waals surface area contributed by atoms with Crippen molar-refractivity contribution in [1.29, 1.82) is 0 Å². The van der Waals surface area contributed by atoms with E-state index < -0.39 is 0 Å². The average molecular weight is 256 g/mol. The van der Waals surface area contributed by atoms with Gasteiger partial charge < -0.3 is 10.1 Å². The lowest BCUT2D eigenvalue weighted by molar-refractivity contribution is -0.0468. The van der Waals surface area contributed by atoms with E-state index in [1.165, 1.54) is 32.2 Å². The van der Waals surface area contributed by atoms with Crippen LogP contribution >= 0.6 is 0 Å². The second-order valence-corrected chi connectivity index (χ2v) is 5.93. The molecule has 1 saturated heterocycles. The molecule has 0 radical (unpaired) electrons. The van der Waals surface area contributed by atoms with Crippen molar-refractivity contribution < 1.29 is 4.74 Å². The topological polar surface area (TPSA) is 24.5 Å². The van der Waals surface area contributed by atoms with Crippen LogP contribution in [0.4, 0.5) is 0 Å². The van der Waals surface area contributed by atoms with Gasteiger partial charge in [-0.1, -0.05) is 33.6 Å². The average Bonchev–Trinajstić information content (AvgIpc) is 2.35. The number of rotatable bonds is 8. The van der Waals surface area contributed by atoms with Gasteiger partial charge in [-0.25, -0.2) is 0 Å². The minimum atomic E-state index is 0.377. The molecule has 0 aliphatic carbocycles. The first-order valence-electron chi connectivity index (χ1n) is 7.68. The molecule has 0 aromatic carbocycles. The van der Waals surface area contributed by atoms with Gasteiger partial charge in [-0.3, -0.25) is 4.90 Å². The summed E-state index contributed by atoms with van der Waals surface area (Å²) in [6.07, 6.45) is 5.48. The quantitative estimate of drug-likeness (QED) is 0.722. The summed E-state index contributed by atoms with van der Waals surface area (Å²) >= 11 is 0. The van der Waals surface area contributed by atoms with Crippen molar-refractivity contribution in [2.75, 3.05) is 33.3 Å². The van der Waals surface area contributed by atoms with Gasteiger partial charge in [-0.05, 0) is 32.4 Å². The zero-order valence-electron chi connectivity index (χ0n) is 12.7. The van der Waals surface area contributed by atoms with Crippen LogP contribution in [0.3, 0.4) is 0 Å². The molecule has 0 saturated carbocycles. The fraction of sp³-hybridized carbons (Fsp3) is 1.00. The highest BCUT2D eigenvalue weighted by Crippen LogP contribution is 2.15. The summed E-state index contributed by atoms with van der Waals surface area (Å²) in [5, 5.41) is 3.46.